The fraction of sp³-hybridized carbons (Fsp3) is 0.375. The van der Waals surface area contributed by atoms with E-state index in [1.165, 1.54) is 0 Å². The molecule has 1 aromatic rings. The van der Waals surface area contributed by atoms with Crippen molar-refractivity contribution in [2.45, 2.75) is 6.42 Å². The minimum Gasteiger partial charge on any atom is -0.319 e. The maximum absolute atomic E-state index is 12.8. The summed E-state index contributed by atoms with van der Waals surface area (Å²) >= 11 is 0. The first-order chi connectivity index (χ1) is 5.74. The van der Waals surface area contributed by atoms with Crippen LogP contribution in [0.5, 0.6) is 0 Å². The summed E-state index contributed by atoms with van der Waals surface area (Å²) in [5.74, 6) is -1.09. The summed E-state index contributed by atoms with van der Waals surface area (Å²) < 4.78 is 25.3. The molecular formula is C8H10F2N2. The maximum atomic E-state index is 12.8. The second kappa shape index (κ2) is 4.11. The Balaban J connectivity index is 2.75. The van der Waals surface area contributed by atoms with Crippen LogP contribution in [0.25, 0.3) is 0 Å². The standard InChI is InChI=1S/C8H10F2N2/c1-11-3-2-6-4-8(10)12-5-7(6)9/h4-5,11H,2-3H2,1H3. The van der Waals surface area contributed by atoms with E-state index in [1.54, 1.807) is 7.05 Å². The predicted octanol–water partition coefficient (Wildman–Crippen LogP) is 1.12. The van der Waals surface area contributed by atoms with Gasteiger partial charge in [0.25, 0.3) is 0 Å². The Morgan fingerprint density at radius 2 is 2.25 bits per heavy atom. The molecule has 0 atom stereocenters. The van der Waals surface area contributed by atoms with E-state index in [9.17, 15) is 8.78 Å². The highest BCUT2D eigenvalue weighted by atomic mass is 19.1. The van der Waals surface area contributed by atoms with Gasteiger partial charge in [-0.1, -0.05) is 0 Å². The van der Waals surface area contributed by atoms with E-state index in [4.69, 9.17) is 0 Å². The Labute approximate surface area is 69.6 Å². The van der Waals surface area contributed by atoms with E-state index >= 15 is 0 Å². The lowest BCUT2D eigenvalue weighted by Gasteiger charge is -2.01. The van der Waals surface area contributed by atoms with Gasteiger partial charge in [-0.25, -0.2) is 9.37 Å². The van der Waals surface area contributed by atoms with Gasteiger partial charge in [0.15, 0.2) is 0 Å². The third kappa shape index (κ3) is 2.23. The minimum absolute atomic E-state index is 0.358. The normalized spacial score (nSPS) is 10.2. The van der Waals surface area contributed by atoms with E-state index in [1.807, 2.05) is 0 Å². The van der Waals surface area contributed by atoms with Gasteiger partial charge in [0.05, 0.1) is 6.20 Å². The van der Waals surface area contributed by atoms with Crippen molar-refractivity contribution in [3.63, 3.8) is 0 Å². The molecule has 1 rings (SSSR count). The van der Waals surface area contributed by atoms with Crippen molar-refractivity contribution < 1.29 is 8.78 Å². The molecule has 1 N–H and O–H groups in total. The second-order valence-corrected chi connectivity index (χ2v) is 2.45. The largest absolute Gasteiger partial charge is 0.319 e. The summed E-state index contributed by atoms with van der Waals surface area (Å²) in [4.78, 5) is 3.19. The number of rotatable bonds is 3. The maximum Gasteiger partial charge on any atom is 0.213 e. The monoisotopic (exact) mass is 172 g/mol. The Bertz CT molecular complexity index is 263. The second-order valence-electron chi connectivity index (χ2n) is 2.45. The summed E-state index contributed by atoms with van der Waals surface area (Å²) in [6.45, 7) is 0.625. The molecule has 66 valence electrons. The van der Waals surface area contributed by atoms with Crippen molar-refractivity contribution in [3.8, 4) is 0 Å². The molecule has 0 spiro atoms. The molecule has 1 heterocycles. The predicted molar refractivity (Wildman–Crippen MR) is 41.8 cm³/mol. The van der Waals surface area contributed by atoms with Crippen molar-refractivity contribution in [3.05, 3.63) is 29.6 Å². The van der Waals surface area contributed by atoms with Crippen LogP contribution in [0.1, 0.15) is 5.56 Å². The van der Waals surface area contributed by atoms with Crippen molar-refractivity contribution in [1.29, 1.82) is 0 Å². The molecule has 0 aliphatic carbocycles. The van der Waals surface area contributed by atoms with Crippen LogP contribution < -0.4 is 5.32 Å². The number of pyridine rings is 1. The highest BCUT2D eigenvalue weighted by Gasteiger charge is 2.03. The zero-order valence-corrected chi connectivity index (χ0v) is 6.77. The van der Waals surface area contributed by atoms with Crippen molar-refractivity contribution >= 4 is 0 Å². The highest BCUT2D eigenvalue weighted by Crippen LogP contribution is 2.06. The molecule has 1 aromatic heterocycles. The van der Waals surface area contributed by atoms with E-state index in [2.05, 4.69) is 10.3 Å². The summed E-state index contributed by atoms with van der Waals surface area (Å²) in [6.07, 6.45) is 1.38. The molecule has 12 heavy (non-hydrogen) atoms. The van der Waals surface area contributed by atoms with E-state index in [-0.39, 0.29) is 0 Å². The Kier molecular flexibility index (Phi) is 3.10. The third-order valence-corrected chi connectivity index (χ3v) is 1.55. The number of hydrogen-bond acceptors (Lipinski definition) is 2. The zero-order valence-electron chi connectivity index (χ0n) is 6.77. The molecule has 2 nitrogen and oxygen atoms in total. The molecule has 0 unspecified atom stereocenters. The third-order valence-electron chi connectivity index (χ3n) is 1.55. The quantitative estimate of drug-likeness (QED) is 0.691. The van der Waals surface area contributed by atoms with Crippen molar-refractivity contribution in [2.24, 2.45) is 0 Å². The van der Waals surface area contributed by atoms with Crippen LogP contribution in [0, 0.1) is 11.8 Å². The van der Waals surface area contributed by atoms with Gasteiger partial charge in [-0.3, -0.25) is 0 Å². The molecule has 0 fully saturated rings. The summed E-state index contributed by atoms with van der Waals surface area (Å²) in [6, 6.07) is 1.12. The van der Waals surface area contributed by atoms with Gasteiger partial charge in [-0.15, -0.1) is 0 Å². The van der Waals surface area contributed by atoms with Gasteiger partial charge in [0.1, 0.15) is 5.82 Å². The number of nitrogens with zero attached hydrogens (tertiary/aromatic N) is 1. The van der Waals surface area contributed by atoms with Crippen molar-refractivity contribution in [2.75, 3.05) is 13.6 Å². The first-order valence-corrected chi connectivity index (χ1v) is 3.68. The van der Waals surface area contributed by atoms with Gasteiger partial charge >= 0.3 is 0 Å². The lowest BCUT2D eigenvalue weighted by molar-refractivity contribution is 0.547. The van der Waals surface area contributed by atoms with Crippen LogP contribution in [0.2, 0.25) is 0 Å². The van der Waals surface area contributed by atoms with Crippen LogP contribution in [0.3, 0.4) is 0 Å². The van der Waals surface area contributed by atoms with Crippen LogP contribution in [0.15, 0.2) is 12.3 Å². The smallest absolute Gasteiger partial charge is 0.213 e. The minimum atomic E-state index is -0.637. The van der Waals surface area contributed by atoms with Gasteiger partial charge in [0.2, 0.25) is 5.95 Å². The molecule has 0 aliphatic heterocycles. The van der Waals surface area contributed by atoms with E-state index in [0.717, 1.165) is 12.3 Å². The molecule has 0 aromatic carbocycles. The molecule has 0 saturated carbocycles. The fourth-order valence-electron chi connectivity index (χ4n) is 0.902. The Morgan fingerprint density at radius 1 is 1.50 bits per heavy atom. The molecule has 4 heteroatoms. The van der Waals surface area contributed by atoms with Gasteiger partial charge in [-0.2, -0.15) is 4.39 Å². The molecule has 0 bridgehead atoms. The van der Waals surface area contributed by atoms with E-state index < -0.39 is 11.8 Å². The molecule has 0 amide bonds. The average molecular weight is 172 g/mol. The van der Waals surface area contributed by atoms with E-state index in [0.29, 0.717) is 18.5 Å². The Morgan fingerprint density at radius 3 is 2.92 bits per heavy atom. The van der Waals surface area contributed by atoms with Gasteiger partial charge in [0, 0.05) is 0 Å². The number of aromatic nitrogens is 1. The molecule has 0 radical (unpaired) electrons. The van der Waals surface area contributed by atoms with Crippen LogP contribution in [0.4, 0.5) is 8.78 Å². The number of likely N-dealkylation sites (N-methyl/N-ethyl adjacent to an activating group) is 1. The first-order valence-electron chi connectivity index (χ1n) is 3.68. The van der Waals surface area contributed by atoms with Crippen LogP contribution >= 0.6 is 0 Å². The van der Waals surface area contributed by atoms with Crippen LogP contribution in [-0.2, 0) is 6.42 Å². The van der Waals surface area contributed by atoms with Crippen LogP contribution in [-0.4, -0.2) is 18.6 Å². The van der Waals surface area contributed by atoms with Gasteiger partial charge < -0.3 is 5.32 Å². The summed E-state index contributed by atoms with van der Waals surface area (Å²) in [5.41, 5.74) is 0.358. The lowest BCUT2D eigenvalue weighted by atomic mass is 10.2. The SMILES string of the molecule is CNCCc1cc(F)ncc1F. The lowest BCUT2D eigenvalue weighted by Crippen LogP contribution is -2.11. The van der Waals surface area contributed by atoms with Crippen molar-refractivity contribution in [1.82, 2.24) is 10.3 Å². The topological polar surface area (TPSA) is 24.9 Å². The Hall–Kier alpha value is -1.03. The summed E-state index contributed by atoms with van der Waals surface area (Å²) in [7, 11) is 1.76. The molecule has 0 saturated heterocycles. The number of nitrogens with one attached hydrogen (secondary N) is 1. The zero-order chi connectivity index (χ0) is 8.97. The average Bonchev–Trinajstić information content (AvgIpc) is 2.07. The fourth-order valence-corrected chi connectivity index (χ4v) is 0.902. The number of hydrogen-bond donors (Lipinski definition) is 1. The number of halogens is 2. The highest BCUT2D eigenvalue weighted by molar-refractivity contribution is 5.13. The summed E-state index contributed by atoms with van der Waals surface area (Å²) in [5, 5.41) is 2.85. The molecular weight excluding hydrogens is 162 g/mol. The van der Waals surface area contributed by atoms with Gasteiger partial charge in [-0.05, 0) is 31.6 Å². The molecule has 0 aliphatic rings. The first kappa shape index (κ1) is 9.06.